The average molecular weight is 429 g/mol. The molecular weight excluding hydrogens is 400 g/mol. The summed E-state index contributed by atoms with van der Waals surface area (Å²) >= 11 is 0. The molecule has 4 aromatic rings. The summed E-state index contributed by atoms with van der Waals surface area (Å²) in [6, 6.07) is 19.2. The second kappa shape index (κ2) is 9.27. The molecule has 1 aromatic heterocycles. The molecule has 0 aliphatic rings. The van der Waals surface area contributed by atoms with Gasteiger partial charge < -0.3 is 14.5 Å². The summed E-state index contributed by atoms with van der Waals surface area (Å²) < 4.78 is 11.6. The summed E-state index contributed by atoms with van der Waals surface area (Å²) in [6.07, 6.45) is 0. The van der Waals surface area contributed by atoms with Crippen LogP contribution in [0.5, 0.6) is 5.75 Å². The quantitative estimate of drug-likeness (QED) is 0.388. The lowest BCUT2D eigenvalue weighted by atomic mass is 10.1. The Morgan fingerprint density at radius 3 is 2.38 bits per heavy atom. The van der Waals surface area contributed by atoms with Crippen LogP contribution in [-0.2, 0) is 6.54 Å². The first-order valence-corrected chi connectivity index (χ1v) is 10.9. The molecule has 0 radical (unpaired) electrons. The van der Waals surface area contributed by atoms with Crippen molar-refractivity contribution in [1.82, 2.24) is 10.3 Å². The number of ether oxygens (including phenoxy) is 1. The largest absolute Gasteiger partial charge is 0.493 e. The molecule has 3 aromatic carbocycles. The molecule has 0 unspecified atom stereocenters. The SMILES string of the molecule is Cc1cc2nc(-c3ccc(CNC(=O)c4ccc(OCC(C)C)cc4)cc3)oc2cc1C. The van der Waals surface area contributed by atoms with Gasteiger partial charge in [-0.2, -0.15) is 0 Å². The molecule has 1 heterocycles. The molecule has 0 aliphatic carbocycles. The molecule has 0 saturated heterocycles. The minimum atomic E-state index is -0.117. The van der Waals surface area contributed by atoms with Crippen molar-refractivity contribution in [2.24, 2.45) is 5.92 Å². The van der Waals surface area contributed by atoms with Crippen molar-refractivity contribution in [3.63, 3.8) is 0 Å². The van der Waals surface area contributed by atoms with Gasteiger partial charge in [0.2, 0.25) is 5.89 Å². The van der Waals surface area contributed by atoms with E-state index in [1.54, 1.807) is 12.1 Å². The fourth-order valence-corrected chi connectivity index (χ4v) is 3.32. The third-order valence-electron chi connectivity index (χ3n) is 5.36. The van der Waals surface area contributed by atoms with E-state index in [1.165, 1.54) is 11.1 Å². The van der Waals surface area contributed by atoms with Crippen LogP contribution in [0.15, 0.2) is 65.1 Å². The van der Waals surface area contributed by atoms with Gasteiger partial charge in [0.1, 0.15) is 11.3 Å². The molecule has 0 saturated carbocycles. The maximum Gasteiger partial charge on any atom is 0.251 e. The Hall–Kier alpha value is -3.60. The van der Waals surface area contributed by atoms with Crippen LogP contribution >= 0.6 is 0 Å². The highest BCUT2D eigenvalue weighted by Crippen LogP contribution is 2.26. The minimum Gasteiger partial charge on any atom is -0.493 e. The molecule has 32 heavy (non-hydrogen) atoms. The number of oxazole rings is 1. The molecule has 1 amide bonds. The van der Waals surface area contributed by atoms with Crippen molar-refractivity contribution in [1.29, 1.82) is 0 Å². The number of nitrogens with one attached hydrogen (secondary N) is 1. The van der Waals surface area contributed by atoms with Gasteiger partial charge in [0.05, 0.1) is 6.61 Å². The molecule has 0 spiro atoms. The fraction of sp³-hybridized carbons (Fsp3) is 0.259. The molecule has 0 fully saturated rings. The number of hydrogen-bond acceptors (Lipinski definition) is 4. The van der Waals surface area contributed by atoms with Crippen molar-refractivity contribution in [2.45, 2.75) is 34.2 Å². The van der Waals surface area contributed by atoms with Gasteiger partial charge in [0.15, 0.2) is 5.58 Å². The highest BCUT2D eigenvalue weighted by Gasteiger charge is 2.10. The predicted molar refractivity (Wildman–Crippen MR) is 127 cm³/mol. The van der Waals surface area contributed by atoms with Crippen LogP contribution < -0.4 is 10.1 Å². The number of rotatable bonds is 7. The van der Waals surface area contributed by atoms with E-state index in [4.69, 9.17) is 9.15 Å². The Kier molecular flexibility index (Phi) is 6.26. The summed E-state index contributed by atoms with van der Waals surface area (Å²) in [5.41, 5.74) is 6.55. The molecule has 1 N–H and O–H groups in total. The number of carbonyl (C=O) groups is 1. The first kappa shape index (κ1) is 21.6. The van der Waals surface area contributed by atoms with Gasteiger partial charge in [-0.15, -0.1) is 0 Å². The predicted octanol–water partition coefficient (Wildman–Crippen LogP) is 6.08. The maximum atomic E-state index is 12.5. The summed E-state index contributed by atoms with van der Waals surface area (Å²) in [4.78, 5) is 17.1. The van der Waals surface area contributed by atoms with Crippen LogP contribution in [0.25, 0.3) is 22.6 Å². The Balaban J connectivity index is 1.37. The number of aromatic nitrogens is 1. The molecule has 0 bridgehead atoms. The van der Waals surface area contributed by atoms with E-state index in [0.717, 1.165) is 28.0 Å². The molecule has 164 valence electrons. The highest BCUT2D eigenvalue weighted by molar-refractivity contribution is 5.94. The van der Waals surface area contributed by atoms with Gasteiger partial charge in [-0.05, 0) is 85.0 Å². The molecule has 4 rings (SSSR count). The first-order valence-electron chi connectivity index (χ1n) is 10.9. The normalized spacial score (nSPS) is 11.2. The zero-order valence-corrected chi connectivity index (χ0v) is 18.9. The van der Waals surface area contributed by atoms with Crippen molar-refractivity contribution in [3.8, 4) is 17.2 Å². The number of amides is 1. The van der Waals surface area contributed by atoms with E-state index in [1.807, 2.05) is 48.5 Å². The topological polar surface area (TPSA) is 64.4 Å². The Bertz CT molecular complexity index is 1180. The molecular formula is C27H28N2O3. The van der Waals surface area contributed by atoms with Gasteiger partial charge in [0.25, 0.3) is 5.91 Å². The second-order valence-corrected chi connectivity index (χ2v) is 8.53. The van der Waals surface area contributed by atoms with Crippen molar-refractivity contribution < 1.29 is 13.9 Å². The van der Waals surface area contributed by atoms with Crippen LogP contribution in [-0.4, -0.2) is 17.5 Å². The summed E-state index contributed by atoms with van der Waals surface area (Å²) in [6.45, 7) is 9.43. The van der Waals surface area contributed by atoms with Gasteiger partial charge in [-0.3, -0.25) is 4.79 Å². The number of fused-ring (bicyclic) bond motifs is 1. The van der Waals surface area contributed by atoms with Gasteiger partial charge >= 0.3 is 0 Å². The lowest BCUT2D eigenvalue weighted by Crippen LogP contribution is -2.22. The van der Waals surface area contributed by atoms with E-state index in [-0.39, 0.29) is 5.91 Å². The van der Waals surface area contributed by atoms with Crippen LogP contribution in [0.3, 0.4) is 0 Å². The van der Waals surface area contributed by atoms with E-state index in [0.29, 0.717) is 30.5 Å². The molecule has 0 atom stereocenters. The zero-order valence-electron chi connectivity index (χ0n) is 18.9. The maximum absolute atomic E-state index is 12.5. The van der Waals surface area contributed by atoms with Crippen molar-refractivity contribution in [3.05, 3.63) is 82.9 Å². The lowest BCUT2D eigenvalue weighted by molar-refractivity contribution is 0.0951. The fourth-order valence-electron chi connectivity index (χ4n) is 3.32. The smallest absolute Gasteiger partial charge is 0.251 e. The van der Waals surface area contributed by atoms with Crippen LogP contribution in [0.2, 0.25) is 0 Å². The van der Waals surface area contributed by atoms with E-state index >= 15 is 0 Å². The van der Waals surface area contributed by atoms with Crippen LogP contribution in [0.1, 0.15) is 40.9 Å². The molecule has 5 nitrogen and oxygen atoms in total. The number of hydrogen-bond donors (Lipinski definition) is 1. The van der Waals surface area contributed by atoms with Crippen molar-refractivity contribution in [2.75, 3.05) is 6.61 Å². The summed E-state index contributed by atoms with van der Waals surface area (Å²) in [5.74, 6) is 1.71. The van der Waals surface area contributed by atoms with Crippen LogP contribution in [0.4, 0.5) is 0 Å². The Labute approximate surface area is 188 Å². The number of nitrogens with zero attached hydrogens (tertiary/aromatic N) is 1. The number of aryl methyl sites for hydroxylation is 2. The Morgan fingerprint density at radius 1 is 1.00 bits per heavy atom. The number of benzene rings is 3. The van der Waals surface area contributed by atoms with E-state index in [9.17, 15) is 4.79 Å². The van der Waals surface area contributed by atoms with Gasteiger partial charge in [0, 0.05) is 17.7 Å². The van der Waals surface area contributed by atoms with Gasteiger partial charge in [-0.1, -0.05) is 26.0 Å². The van der Waals surface area contributed by atoms with Gasteiger partial charge in [-0.25, -0.2) is 4.98 Å². The minimum absolute atomic E-state index is 0.117. The summed E-state index contributed by atoms with van der Waals surface area (Å²) in [7, 11) is 0. The Morgan fingerprint density at radius 2 is 1.69 bits per heavy atom. The lowest BCUT2D eigenvalue weighted by Gasteiger charge is -2.09. The van der Waals surface area contributed by atoms with Crippen LogP contribution in [0, 0.1) is 19.8 Å². The summed E-state index contributed by atoms with van der Waals surface area (Å²) in [5, 5.41) is 2.96. The zero-order chi connectivity index (χ0) is 22.7. The molecule has 0 aliphatic heterocycles. The highest BCUT2D eigenvalue weighted by atomic mass is 16.5. The number of carbonyl (C=O) groups excluding carboxylic acids is 1. The van der Waals surface area contributed by atoms with E-state index < -0.39 is 0 Å². The standard InChI is InChI=1S/C27H28N2O3/c1-17(2)16-31-23-11-9-21(10-12-23)26(30)28-15-20-5-7-22(8-6-20)27-29-24-13-18(3)19(4)14-25(24)32-27/h5-14,17H,15-16H2,1-4H3,(H,28,30). The molecule has 5 heteroatoms. The third-order valence-corrected chi connectivity index (χ3v) is 5.36. The first-order chi connectivity index (χ1) is 15.4. The monoisotopic (exact) mass is 428 g/mol. The van der Waals surface area contributed by atoms with E-state index in [2.05, 4.69) is 38.0 Å². The second-order valence-electron chi connectivity index (χ2n) is 8.53. The van der Waals surface area contributed by atoms with Crippen molar-refractivity contribution >= 4 is 17.0 Å². The third kappa shape index (κ3) is 4.99. The average Bonchev–Trinajstić information content (AvgIpc) is 3.19.